The van der Waals surface area contributed by atoms with Gasteiger partial charge in [-0.1, -0.05) is 5.21 Å². The SMILES string of the molecule is CC(Nc1ccc(F)cc1C#N)c1nn[nH]n1. The van der Waals surface area contributed by atoms with Crippen LogP contribution in [0.15, 0.2) is 18.2 Å². The van der Waals surface area contributed by atoms with Crippen LogP contribution < -0.4 is 5.32 Å². The lowest BCUT2D eigenvalue weighted by Gasteiger charge is -2.12. The van der Waals surface area contributed by atoms with E-state index in [2.05, 4.69) is 25.9 Å². The van der Waals surface area contributed by atoms with Gasteiger partial charge >= 0.3 is 0 Å². The van der Waals surface area contributed by atoms with Crippen LogP contribution in [0.3, 0.4) is 0 Å². The maximum Gasteiger partial charge on any atom is 0.196 e. The number of nitrogens with one attached hydrogen (secondary N) is 2. The summed E-state index contributed by atoms with van der Waals surface area (Å²) in [5.41, 5.74) is 0.770. The lowest BCUT2D eigenvalue weighted by atomic mass is 10.1. The van der Waals surface area contributed by atoms with Crippen molar-refractivity contribution in [2.24, 2.45) is 0 Å². The highest BCUT2D eigenvalue weighted by atomic mass is 19.1. The molecule has 1 heterocycles. The molecule has 0 saturated carbocycles. The van der Waals surface area contributed by atoms with E-state index in [0.717, 1.165) is 0 Å². The van der Waals surface area contributed by atoms with E-state index in [1.165, 1.54) is 18.2 Å². The fourth-order valence-corrected chi connectivity index (χ4v) is 1.39. The maximum atomic E-state index is 12.9. The number of halogens is 1. The zero-order chi connectivity index (χ0) is 12.3. The van der Waals surface area contributed by atoms with Crippen LogP contribution in [0.4, 0.5) is 10.1 Å². The Morgan fingerprint density at radius 3 is 3.00 bits per heavy atom. The molecule has 2 N–H and O–H groups in total. The third-order valence-electron chi connectivity index (χ3n) is 2.22. The van der Waals surface area contributed by atoms with Crippen molar-refractivity contribution >= 4 is 5.69 Å². The van der Waals surface area contributed by atoms with Gasteiger partial charge in [0.2, 0.25) is 0 Å². The second-order valence-corrected chi connectivity index (χ2v) is 3.44. The molecule has 0 aliphatic rings. The zero-order valence-electron chi connectivity index (χ0n) is 8.98. The number of nitriles is 1. The van der Waals surface area contributed by atoms with Crippen LogP contribution in [0.25, 0.3) is 0 Å². The highest BCUT2D eigenvalue weighted by molar-refractivity contribution is 5.58. The Balaban J connectivity index is 2.22. The second-order valence-electron chi connectivity index (χ2n) is 3.44. The van der Waals surface area contributed by atoms with E-state index in [1.807, 2.05) is 13.0 Å². The average molecular weight is 232 g/mol. The molecule has 2 rings (SSSR count). The van der Waals surface area contributed by atoms with E-state index < -0.39 is 5.82 Å². The van der Waals surface area contributed by atoms with Crippen molar-refractivity contribution in [2.75, 3.05) is 5.32 Å². The van der Waals surface area contributed by atoms with Gasteiger partial charge < -0.3 is 5.32 Å². The van der Waals surface area contributed by atoms with E-state index in [-0.39, 0.29) is 11.6 Å². The Hall–Kier alpha value is -2.49. The van der Waals surface area contributed by atoms with Crippen LogP contribution in [-0.2, 0) is 0 Å². The van der Waals surface area contributed by atoms with Gasteiger partial charge in [-0.2, -0.15) is 10.5 Å². The molecule has 2 aromatic rings. The molecule has 0 bridgehead atoms. The number of nitrogens with zero attached hydrogens (tertiary/aromatic N) is 4. The van der Waals surface area contributed by atoms with Crippen molar-refractivity contribution in [3.8, 4) is 6.07 Å². The summed E-state index contributed by atoms with van der Waals surface area (Å²) in [4.78, 5) is 0. The number of aromatic nitrogens is 4. The first-order chi connectivity index (χ1) is 8.20. The summed E-state index contributed by atoms with van der Waals surface area (Å²) in [6.07, 6.45) is 0. The predicted molar refractivity (Wildman–Crippen MR) is 57.3 cm³/mol. The Morgan fingerprint density at radius 1 is 1.53 bits per heavy atom. The first-order valence-corrected chi connectivity index (χ1v) is 4.90. The molecule has 1 unspecified atom stereocenters. The van der Waals surface area contributed by atoms with Gasteiger partial charge in [0, 0.05) is 0 Å². The van der Waals surface area contributed by atoms with Crippen LogP contribution in [0, 0.1) is 17.1 Å². The summed E-state index contributed by atoms with van der Waals surface area (Å²) in [6.45, 7) is 1.81. The summed E-state index contributed by atoms with van der Waals surface area (Å²) in [5.74, 6) is 0.0255. The van der Waals surface area contributed by atoms with Crippen LogP contribution in [0.5, 0.6) is 0 Å². The van der Waals surface area contributed by atoms with Crippen molar-refractivity contribution < 1.29 is 4.39 Å². The van der Waals surface area contributed by atoms with Gasteiger partial charge in [-0.15, -0.1) is 10.2 Å². The second kappa shape index (κ2) is 4.57. The number of anilines is 1. The number of aromatic amines is 1. The monoisotopic (exact) mass is 232 g/mol. The molecule has 0 fully saturated rings. The lowest BCUT2D eigenvalue weighted by Crippen LogP contribution is -2.09. The molecule has 0 amide bonds. The lowest BCUT2D eigenvalue weighted by molar-refractivity contribution is 0.627. The molecule has 0 aliphatic carbocycles. The Labute approximate surface area is 96.5 Å². The summed E-state index contributed by atoms with van der Waals surface area (Å²) in [7, 11) is 0. The Morgan fingerprint density at radius 2 is 2.35 bits per heavy atom. The number of tetrazole rings is 1. The molecule has 6 nitrogen and oxygen atoms in total. The molecule has 86 valence electrons. The molecule has 1 atom stereocenters. The quantitative estimate of drug-likeness (QED) is 0.834. The third kappa shape index (κ3) is 2.36. The van der Waals surface area contributed by atoms with Crippen LogP contribution in [0.2, 0.25) is 0 Å². The van der Waals surface area contributed by atoms with Crippen molar-refractivity contribution in [1.82, 2.24) is 20.6 Å². The van der Waals surface area contributed by atoms with Crippen molar-refractivity contribution in [1.29, 1.82) is 5.26 Å². The van der Waals surface area contributed by atoms with Gasteiger partial charge in [-0.3, -0.25) is 0 Å². The van der Waals surface area contributed by atoms with Gasteiger partial charge in [0.15, 0.2) is 5.82 Å². The number of hydrogen-bond donors (Lipinski definition) is 2. The molecule has 0 spiro atoms. The average Bonchev–Trinajstić information content (AvgIpc) is 2.85. The van der Waals surface area contributed by atoms with Crippen LogP contribution in [0.1, 0.15) is 24.4 Å². The standard InChI is InChI=1S/C10H9FN6/c1-6(10-14-16-17-15-10)13-9-3-2-8(11)4-7(9)5-12/h2-4,6,13H,1H3,(H,14,15,16,17). The molecule has 1 aromatic carbocycles. The molecule has 0 aliphatic heterocycles. The van der Waals surface area contributed by atoms with Crippen molar-refractivity contribution in [3.63, 3.8) is 0 Å². The molecule has 7 heteroatoms. The van der Waals surface area contributed by atoms with E-state index in [4.69, 9.17) is 5.26 Å². The van der Waals surface area contributed by atoms with Gasteiger partial charge in [0.25, 0.3) is 0 Å². The van der Waals surface area contributed by atoms with E-state index in [1.54, 1.807) is 0 Å². The first kappa shape index (κ1) is 11.0. The number of H-pyrrole nitrogens is 1. The third-order valence-corrected chi connectivity index (χ3v) is 2.22. The predicted octanol–water partition coefficient (Wildman–Crippen LogP) is 1.38. The number of rotatable bonds is 3. The summed E-state index contributed by atoms with van der Waals surface area (Å²) in [5, 5.41) is 25.3. The van der Waals surface area contributed by atoms with E-state index >= 15 is 0 Å². The zero-order valence-corrected chi connectivity index (χ0v) is 8.98. The minimum Gasteiger partial charge on any atom is -0.374 e. The van der Waals surface area contributed by atoms with Crippen molar-refractivity contribution in [3.05, 3.63) is 35.4 Å². The van der Waals surface area contributed by atoms with E-state index in [0.29, 0.717) is 11.5 Å². The minimum absolute atomic E-state index is 0.230. The topological polar surface area (TPSA) is 90.3 Å². The van der Waals surface area contributed by atoms with Crippen LogP contribution in [-0.4, -0.2) is 20.6 Å². The highest BCUT2D eigenvalue weighted by Gasteiger charge is 2.12. The first-order valence-electron chi connectivity index (χ1n) is 4.90. The minimum atomic E-state index is -0.445. The fourth-order valence-electron chi connectivity index (χ4n) is 1.39. The molecular weight excluding hydrogens is 223 g/mol. The summed E-state index contributed by atoms with van der Waals surface area (Å²) >= 11 is 0. The maximum absolute atomic E-state index is 12.9. The fraction of sp³-hybridized carbons (Fsp3) is 0.200. The highest BCUT2D eigenvalue weighted by Crippen LogP contribution is 2.20. The van der Waals surface area contributed by atoms with Crippen molar-refractivity contribution in [2.45, 2.75) is 13.0 Å². The van der Waals surface area contributed by atoms with Crippen LogP contribution >= 0.6 is 0 Å². The van der Waals surface area contributed by atoms with Gasteiger partial charge in [0.05, 0.1) is 17.3 Å². The summed E-state index contributed by atoms with van der Waals surface area (Å²) < 4.78 is 12.9. The molecule has 0 radical (unpaired) electrons. The Bertz CT molecular complexity index is 544. The summed E-state index contributed by atoms with van der Waals surface area (Å²) in [6, 6.07) is 5.65. The van der Waals surface area contributed by atoms with Gasteiger partial charge in [-0.05, 0) is 25.1 Å². The van der Waals surface area contributed by atoms with Gasteiger partial charge in [0.1, 0.15) is 11.9 Å². The normalized spacial score (nSPS) is 11.8. The molecule has 17 heavy (non-hydrogen) atoms. The number of hydrogen-bond acceptors (Lipinski definition) is 5. The molecular formula is C10H9FN6. The smallest absolute Gasteiger partial charge is 0.196 e. The Kier molecular flexibility index (Phi) is 2.96. The van der Waals surface area contributed by atoms with Gasteiger partial charge in [-0.25, -0.2) is 4.39 Å². The van der Waals surface area contributed by atoms with E-state index in [9.17, 15) is 4.39 Å². The molecule has 1 aromatic heterocycles. The molecule has 0 saturated heterocycles. The largest absolute Gasteiger partial charge is 0.374 e. The number of benzene rings is 1.